The summed E-state index contributed by atoms with van der Waals surface area (Å²) in [6, 6.07) is 62.8. The van der Waals surface area contributed by atoms with Gasteiger partial charge in [0, 0.05) is 48.5 Å². The summed E-state index contributed by atoms with van der Waals surface area (Å²) in [7, 11) is 0. The lowest BCUT2D eigenvalue weighted by Gasteiger charge is -2.12. The Hall–Kier alpha value is -7.96. The zero-order chi connectivity index (χ0) is 37.6. The van der Waals surface area contributed by atoms with Crippen molar-refractivity contribution in [2.24, 2.45) is 0 Å². The Bertz CT molecular complexity index is 3980. The lowest BCUT2D eigenvalue weighted by molar-refractivity contribution is 0.650. The zero-order valence-corrected chi connectivity index (χ0v) is 30.9. The largest absolute Gasteiger partial charge is 0.437 e. The maximum absolute atomic E-state index is 6.68. The number of para-hydroxylation sites is 5. The first kappa shape index (κ1) is 30.3. The van der Waals surface area contributed by atoms with Crippen molar-refractivity contribution in [3.8, 4) is 22.9 Å². The van der Waals surface area contributed by atoms with E-state index in [2.05, 4.69) is 177 Å². The third-order valence-corrected chi connectivity index (χ3v) is 12.4. The number of benzene rings is 8. The van der Waals surface area contributed by atoms with Gasteiger partial charge in [-0.2, -0.15) is 9.97 Å². The molecule has 0 aliphatic heterocycles. The molecule has 6 aromatic heterocycles. The lowest BCUT2D eigenvalue weighted by Crippen LogP contribution is -2.06. The molecule has 14 rings (SSSR count). The zero-order valence-electron chi connectivity index (χ0n) is 30.9. The molecular weight excluding hydrogens is 711 g/mol. The minimum atomic E-state index is 0.550. The van der Waals surface area contributed by atoms with E-state index in [1.165, 1.54) is 60.0 Å². The van der Waals surface area contributed by atoms with Gasteiger partial charge in [0.1, 0.15) is 5.58 Å². The van der Waals surface area contributed by atoms with Crippen LogP contribution in [0.5, 0.6) is 0 Å². The molecule has 0 aliphatic rings. The molecule has 0 amide bonds. The molecule has 6 heteroatoms. The summed E-state index contributed by atoms with van der Waals surface area (Å²) in [5.74, 6) is 1.34. The van der Waals surface area contributed by atoms with Crippen molar-refractivity contribution in [3.63, 3.8) is 0 Å². The number of nitrogens with zero attached hydrogens (tertiary/aromatic N) is 5. The Balaban J connectivity index is 1.17. The molecule has 6 heterocycles. The molecule has 0 unspecified atom stereocenters. The quantitative estimate of drug-likeness (QED) is 0.181. The van der Waals surface area contributed by atoms with Gasteiger partial charge in [0.2, 0.25) is 11.7 Å². The molecule has 0 saturated heterocycles. The van der Waals surface area contributed by atoms with Gasteiger partial charge in [-0.3, -0.25) is 9.13 Å². The fourth-order valence-corrected chi connectivity index (χ4v) is 10.0. The van der Waals surface area contributed by atoms with Gasteiger partial charge in [0.05, 0.1) is 44.0 Å². The molecule has 8 aromatic carbocycles. The first-order valence-corrected chi connectivity index (χ1v) is 19.7. The summed E-state index contributed by atoms with van der Waals surface area (Å²) >= 11 is 0. The van der Waals surface area contributed by atoms with Crippen molar-refractivity contribution in [1.82, 2.24) is 23.5 Å². The summed E-state index contributed by atoms with van der Waals surface area (Å²) in [6.45, 7) is 0. The van der Waals surface area contributed by atoms with Gasteiger partial charge in [-0.25, -0.2) is 0 Å². The molecule has 0 saturated carbocycles. The van der Waals surface area contributed by atoms with E-state index in [1.807, 2.05) is 12.1 Å². The first-order chi connectivity index (χ1) is 28.8. The van der Waals surface area contributed by atoms with Crippen LogP contribution >= 0.6 is 0 Å². The van der Waals surface area contributed by atoms with E-state index in [0.717, 1.165) is 55.0 Å². The van der Waals surface area contributed by atoms with Crippen LogP contribution in [0.15, 0.2) is 180 Å². The smallest absolute Gasteiger partial charge is 0.240 e. The number of rotatable bonds is 3. The van der Waals surface area contributed by atoms with Crippen LogP contribution in [-0.4, -0.2) is 23.5 Å². The molecule has 58 heavy (non-hydrogen) atoms. The van der Waals surface area contributed by atoms with Crippen molar-refractivity contribution in [2.45, 2.75) is 0 Å². The number of hydrogen-bond donors (Lipinski definition) is 0. The van der Waals surface area contributed by atoms with Crippen LogP contribution in [0.2, 0.25) is 0 Å². The molecule has 0 radical (unpaired) electrons. The van der Waals surface area contributed by atoms with Gasteiger partial charge >= 0.3 is 0 Å². The van der Waals surface area contributed by atoms with E-state index in [9.17, 15) is 0 Å². The molecule has 0 atom stereocenters. The van der Waals surface area contributed by atoms with E-state index in [0.29, 0.717) is 11.7 Å². The Morgan fingerprint density at radius 3 is 1.67 bits per heavy atom. The maximum atomic E-state index is 6.68. The molecule has 268 valence electrons. The fourth-order valence-electron chi connectivity index (χ4n) is 10.0. The van der Waals surface area contributed by atoms with E-state index < -0.39 is 0 Å². The summed E-state index contributed by atoms with van der Waals surface area (Å²) in [5, 5.41) is 11.4. The van der Waals surface area contributed by atoms with Crippen LogP contribution in [-0.2, 0) is 0 Å². The Kier molecular flexibility index (Phi) is 5.68. The third kappa shape index (κ3) is 3.76. The summed E-state index contributed by atoms with van der Waals surface area (Å²) < 4.78 is 13.7. The van der Waals surface area contributed by atoms with E-state index in [4.69, 9.17) is 14.4 Å². The highest BCUT2D eigenvalue weighted by Crippen LogP contribution is 2.47. The number of aromatic nitrogens is 5. The summed E-state index contributed by atoms with van der Waals surface area (Å²) in [6.07, 6.45) is 0. The number of hydrogen-bond acceptors (Lipinski definition) is 3. The normalized spacial score (nSPS) is 12.5. The van der Waals surface area contributed by atoms with Gasteiger partial charge in [-0.15, -0.1) is 0 Å². The van der Waals surface area contributed by atoms with Gasteiger partial charge in [-0.1, -0.05) is 133 Å². The van der Waals surface area contributed by atoms with Crippen molar-refractivity contribution in [1.29, 1.82) is 0 Å². The van der Waals surface area contributed by atoms with Gasteiger partial charge in [-0.05, 0) is 53.6 Å². The average molecular weight is 740 g/mol. The van der Waals surface area contributed by atoms with Crippen LogP contribution in [0, 0.1) is 0 Å². The van der Waals surface area contributed by atoms with Gasteiger partial charge < -0.3 is 8.82 Å². The second-order valence-electron chi connectivity index (χ2n) is 15.3. The van der Waals surface area contributed by atoms with E-state index in [1.54, 1.807) is 0 Å². The van der Waals surface area contributed by atoms with E-state index in [-0.39, 0.29) is 0 Å². The lowest BCUT2D eigenvalue weighted by atomic mass is 10.0. The standard InChI is InChI=1S/C52H29N5O/c1-2-14-30(15-3-1)31-26-27-35-39-29-38-34-18-6-11-23-42(34)57(49(38)46-36-19-7-12-24-43(36)55(48(39)46)44(35)28-31)52-53-50(47-37-20-8-13-25-45(37)58-51(47)54-52)56-40-21-9-4-16-32(40)33-17-5-10-22-41(33)56/h1-29H. The minimum Gasteiger partial charge on any atom is -0.437 e. The number of fused-ring (bicyclic) bond motifs is 16. The molecule has 14 aromatic rings. The maximum Gasteiger partial charge on any atom is 0.240 e. The molecule has 0 bridgehead atoms. The topological polar surface area (TPSA) is 53.2 Å². The molecule has 6 nitrogen and oxygen atoms in total. The molecule has 0 spiro atoms. The third-order valence-electron chi connectivity index (χ3n) is 12.4. The number of furan rings is 1. The van der Waals surface area contributed by atoms with Crippen molar-refractivity contribution in [3.05, 3.63) is 176 Å². The van der Waals surface area contributed by atoms with E-state index >= 15 is 0 Å². The van der Waals surface area contributed by atoms with Gasteiger partial charge in [0.25, 0.3) is 0 Å². The predicted octanol–water partition coefficient (Wildman–Crippen LogP) is 13.4. The second kappa shape index (κ2) is 10.9. The first-order valence-electron chi connectivity index (χ1n) is 19.7. The van der Waals surface area contributed by atoms with Crippen LogP contribution in [0.4, 0.5) is 0 Å². The second-order valence-corrected chi connectivity index (χ2v) is 15.3. The molecule has 0 N–H and O–H groups in total. The van der Waals surface area contributed by atoms with Crippen molar-refractivity contribution in [2.75, 3.05) is 0 Å². The minimum absolute atomic E-state index is 0.550. The van der Waals surface area contributed by atoms with Crippen molar-refractivity contribution < 1.29 is 4.42 Å². The summed E-state index contributed by atoms with van der Waals surface area (Å²) in [5.41, 5.74) is 11.6. The van der Waals surface area contributed by atoms with Crippen LogP contribution in [0.25, 0.3) is 127 Å². The monoisotopic (exact) mass is 739 g/mol. The summed E-state index contributed by atoms with van der Waals surface area (Å²) in [4.78, 5) is 11.0. The predicted molar refractivity (Wildman–Crippen MR) is 238 cm³/mol. The Morgan fingerprint density at radius 2 is 0.931 bits per heavy atom. The SMILES string of the molecule is c1ccc(-c2ccc3c4cc5c6ccccc6n(-c6nc(-n7c8ccccc8c8ccccc87)c7c(n6)oc6ccccc67)c5c5c6ccccc6n(c3c2)c45)cc1. The molecule has 0 fully saturated rings. The molecule has 0 aliphatic carbocycles. The van der Waals surface area contributed by atoms with Crippen LogP contribution < -0.4 is 0 Å². The Labute approximate surface area is 329 Å². The average Bonchev–Trinajstić information content (AvgIpc) is 4.08. The highest BCUT2D eigenvalue weighted by Gasteiger charge is 2.27. The highest BCUT2D eigenvalue weighted by atomic mass is 16.3. The highest BCUT2D eigenvalue weighted by molar-refractivity contribution is 6.34. The molecular formula is C52H29N5O. The van der Waals surface area contributed by atoms with Gasteiger partial charge in [0.15, 0.2) is 5.82 Å². The fraction of sp³-hybridized carbons (Fsp3) is 0. The van der Waals surface area contributed by atoms with Crippen molar-refractivity contribution >= 4 is 104 Å². The van der Waals surface area contributed by atoms with Crippen LogP contribution in [0.1, 0.15) is 0 Å². The Morgan fingerprint density at radius 1 is 0.362 bits per heavy atom. The van der Waals surface area contributed by atoms with Crippen LogP contribution in [0.3, 0.4) is 0 Å².